The lowest BCUT2D eigenvalue weighted by atomic mass is 10.2. The van der Waals surface area contributed by atoms with Crippen LogP contribution in [0.4, 0.5) is 5.69 Å². The molecule has 0 aliphatic heterocycles. The highest BCUT2D eigenvalue weighted by Gasteiger charge is 2.21. The minimum absolute atomic E-state index is 0.149. The first-order chi connectivity index (χ1) is 14.4. The molecule has 0 aliphatic rings. The van der Waals surface area contributed by atoms with Crippen LogP contribution in [-0.4, -0.2) is 21.4 Å². The van der Waals surface area contributed by atoms with E-state index in [2.05, 4.69) is 10.3 Å². The van der Waals surface area contributed by atoms with Gasteiger partial charge in [-0.25, -0.2) is 4.98 Å². The molecular weight excluding hydrogens is 468 g/mol. The Morgan fingerprint density at radius 2 is 1.30 bits per heavy atom. The van der Waals surface area contributed by atoms with Gasteiger partial charge in [0.2, 0.25) is 0 Å². The fourth-order valence-electron chi connectivity index (χ4n) is 3.02. The number of rotatable bonds is 3. The number of halogens is 4. The van der Waals surface area contributed by atoms with Crippen molar-refractivity contribution in [2.75, 3.05) is 5.32 Å². The average Bonchev–Trinajstić information content (AvgIpc) is 3.13. The summed E-state index contributed by atoms with van der Waals surface area (Å²) in [5.74, 6) is -0.932. The normalized spacial score (nSPS) is 10.9. The second-order valence-corrected chi connectivity index (χ2v) is 7.87. The van der Waals surface area contributed by atoms with E-state index in [9.17, 15) is 9.59 Å². The highest BCUT2D eigenvalue weighted by Crippen LogP contribution is 2.30. The Kier molecular flexibility index (Phi) is 5.71. The molecule has 150 valence electrons. The van der Waals surface area contributed by atoms with Crippen molar-refractivity contribution in [3.05, 3.63) is 92.1 Å². The second kappa shape index (κ2) is 8.28. The number of aromatic nitrogens is 2. The quantitative estimate of drug-likeness (QED) is 0.361. The predicted octanol–water partition coefficient (Wildman–Crippen LogP) is 6.59. The number of fused-ring (bicyclic) bond motifs is 1. The molecule has 0 atom stereocenters. The van der Waals surface area contributed by atoms with Crippen LogP contribution in [0.5, 0.6) is 0 Å². The summed E-state index contributed by atoms with van der Waals surface area (Å²) in [5, 5.41) is 3.66. The SMILES string of the molecule is O=C(Nc1cccc2c1ncn2C(=O)c1c(Cl)cccc1Cl)c1c(Cl)cccc1Cl. The molecule has 9 heteroatoms. The molecule has 1 heterocycles. The van der Waals surface area contributed by atoms with Crippen LogP contribution in [0.1, 0.15) is 20.7 Å². The molecule has 4 aromatic rings. The van der Waals surface area contributed by atoms with Crippen LogP contribution in [0.25, 0.3) is 11.0 Å². The number of benzene rings is 3. The van der Waals surface area contributed by atoms with Gasteiger partial charge in [0.15, 0.2) is 0 Å². The van der Waals surface area contributed by atoms with Crippen LogP contribution in [0, 0.1) is 0 Å². The maximum Gasteiger partial charge on any atom is 0.266 e. The number of imidazole rings is 1. The van der Waals surface area contributed by atoms with Gasteiger partial charge in [-0.15, -0.1) is 0 Å². The molecule has 0 fully saturated rings. The number of hydrogen-bond donors (Lipinski definition) is 1. The Morgan fingerprint density at radius 1 is 0.767 bits per heavy atom. The first-order valence-corrected chi connectivity index (χ1v) is 10.1. The summed E-state index contributed by atoms with van der Waals surface area (Å²) in [5.41, 5.74) is 1.59. The number of hydrogen-bond acceptors (Lipinski definition) is 3. The zero-order valence-corrected chi connectivity index (χ0v) is 18.0. The van der Waals surface area contributed by atoms with Crippen LogP contribution in [0.2, 0.25) is 20.1 Å². The Labute approximate surface area is 191 Å². The van der Waals surface area contributed by atoms with E-state index in [0.717, 1.165) is 0 Å². The summed E-state index contributed by atoms with van der Waals surface area (Å²) in [6.07, 6.45) is 1.35. The van der Waals surface area contributed by atoms with Crippen LogP contribution >= 0.6 is 46.4 Å². The zero-order chi connectivity index (χ0) is 21.4. The van der Waals surface area contributed by atoms with Gasteiger partial charge in [0.05, 0.1) is 42.4 Å². The summed E-state index contributed by atoms with van der Waals surface area (Å²) in [6.45, 7) is 0. The molecule has 0 radical (unpaired) electrons. The maximum atomic E-state index is 13.0. The van der Waals surface area contributed by atoms with Gasteiger partial charge in [-0.05, 0) is 36.4 Å². The first kappa shape index (κ1) is 20.7. The van der Waals surface area contributed by atoms with Gasteiger partial charge < -0.3 is 5.32 Å². The van der Waals surface area contributed by atoms with Crippen LogP contribution in [-0.2, 0) is 0 Å². The monoisotopic (exact) mass is 477 g/mol. The highest BCUT2D eigenvalue weighted by molar-refractivity contribution is 6.41. The fourth-order valence-corrected chi connectivity index (χ4v) is 4.15. The molecule has 0 saturated heterocycles. The molecule has 5 nitrogen and oxygen atoms in total. The molecule has 1 N–H and O–H groups in total. The van der Waals surface area contributed by atoms with E-state index in [1.165, 1.54) is 10.9 Å². The molecule has 0 bridgehead atoms. The molecule has 0 saturated carbocycles. The van der Waals surface area contributed by atoms with Crippen LogP contribution in [0.15, 0.2) is 60.9 Å². The van der Waals surface area contributed by atoms with Crippen molar-refractivity contribution in [1.29, 1.82) is 0 Å². The van der Waals surface area contributed by atoms with Crippen molar-refractivity contribution >= 4 is 74.9 Å². The van der Waals surface area contributed by atoms with Crippen molar-refractivity contribution in [2.45, 2.75) is 0 Å². The lowest BCUT2D eigenvalue weighted by Crippen LogP contribution is -2.14. The first-order valence-electron chi connectivity index (χ1n) is 8.58. The maximum absolute atomic E-state index is 13.0. The van der Waals surface area contributed by atoms with E-state index >= 15 is 0 Å². The van der Waals surface area contributed by atoms with Crippen molar-refractivity contribution in [3.63, 3.8) is 0 Å². The Balaban J connectivity index is 1.74. The number of carbonyl (C=O) groups is 2. The van der Waals surface area contributed by atoms with Gasteiger partial charge >= 0.3 is 0 Å². The molecule has 0 unspecified atom stereocenters. The van der Waals surface area contributed by atoms with Gasteiger partial charge in [0.25, 0.3) is 11.8 Å². The average molecular weight is 479 g/mol. The van der Waals surface area contributed by atoms with E-state index in [0.29, 0.717) is 16.7 Å². The van der Waals surface area contributed by atoms with E-state index in [1.807, 2.05) is 0 Å². The van der Waals surface area contributed by atoms with E-state index in [-0.39, 0.29) is 31.2 Å². The molecular formula is C21H11Cl4N3O2. The summed E-state index contributed by atoms with van der Waals surface area (Å²) < 4.78 is 1.32. The minimum atomic E-state index is -0.492. The lowest BCUT2D eigenvalue weighted by molar-refractivity contribution is 0.0963. The smallest absolute Gasteiger partial charge is 0.266 e. The standard InChI is InChI=1S/C21H11Cl4N3O2/c22-11-4-1-5-12(23)17(11)20(29)27-15-8-3-9-16-19(15)26-10-28(16)21(30)18-13(24)6-2-7-14(18)25/h1-10H,(H,27,29). The van der Waals surface area contributed by atoms with E-state index in [1.54, 1.807) is 54.6 Å². The number of amides is 1. The Hall–Kier alpha value is -2.57. The van der Waals surface area contributed by atoms with Crippen molar-refractivity contribution in [2.24, 2.45) is 0 Å². The Morgan fingerprint density at radius 3 is 1.90 bits per heavy atom. The van der Waals surface area contributed by atoms with Gasteiger partial charge in [-0.3, -0.25) is 14.2 Å². The lowest BCUT2D eigenvalue weighted by Gasteiger charge is -2.10. The van der Waals surface area contributed by atoms with Crippen molar-refractivity contribution < 1.29 is 9.59 Å². The summed E-state index contributed by atoms with van der Waals surface area (Å²) in [7, 11) is 0. The van der Waals surface area contributed by atoms with Crippen molar-refractivity contribution in [3.8, 4) is 0 Å². The predicted molar refractivity (Wildman–Crippen MR) is 120 cm³/mol. The number of nitrogens with zero attached hydrogens (tertiary/aromatic N) is 2. The third kappa shape index (κ3) is 3.66. The molecule has 30 heavy (non-hydrogen) atoms. The summed E-state index contributed by atoms with van der Waals surface area (Å²) >= 11 is 24.6. The largest absolute Gasteiger partial charge is 0.320 e. The van der Waals surface area contributed by atoms with Gasteiger partial charge in [0.1, 0.15) is 11.8 Å². The molecule has 1 aromatic heterocycles. The van der Waals surface area contributed by atoms with Crippen LogP contribution in [0.3, 0.4) is 0 Å². The zero-order valence-electron chi connectivity index (χ0n) is 15.0. The summed E-state index contributed by atoms with van der Waals surface area (Å²) in [4.78, 5) is 30.1. The molecule has 4 rings (SSSR count). The third-order valence-corrected chi connectivity index (χ3v) is 5.67. The number of para-hydroxylation sites is 1. The van der Waals surface area contributed by atoms with E-state index < -0.39 is 11.8 Å². The number of nitrogens with one attached hydrogen (secondary N) is 1. The molecule has 3 aromatic carbocycles. The second-order valence-electron chi connectivity index (χ2n) is 6.24. The highest BCUT2D eigenvalue weighted by atomic mass is 35.5. The summed E-state index contributed by atoms with van der Waals surface area (Å²) in [6, 6.07) is 14.7. The molecule has 0 spiro atoms. The van der Waals surface area contributed by atoms with E-state index in [4.69, 9.17) is 46.4 Å². The van der Waals surface area contributed by atoms with Gasteiger partial charge in [0, 0.05) is 0 Å². The fraction of sp³-hybridized carbons (Fsp3) is 0. The topological polar surface area (TPSA) is 64.0 Å². The van der Waals surface area contributed by atoms with Crippen LogP contribution < -0.4 is 5.32 Å². The van der Waals surface area contributed by atoms with Gasteiger partial charge in [-0.2, -0.15) is 0 Å². The number of anilines is 1. The minimum Gasteiger partial charge on any atom is -0.320 e. The van der Waals surface area contributed by atoms with Crippen molar-refractivity contribution in [1.82, 2.24) is 9.55 Å². The molecule has 0 aliphatic carbocycles. The molecule has 1 amide bonds. The number of carbonyl (C=O) groups excluding carboxylic acids is 2. The third-order valence-electron chi connectivity index (χ3n) is 4.41. The Bertz CT molecular complexity index is 1280. The van der Waals surface area contributed by atoms with Gasteiger partial charge in [-0.1, -0.05) is 64.6 Å².